The van der Waals surface area contributed by atoms with Crippen molar-refractivity contribution in [3.05, 3.63) is 78.2 Å². The summed E-state index contributed by atoms with van der Waals surface area (Å²) in [5, 5.41) is 0. The minimum atomic E-state index is -0.0206. The first-order valence-electron chi connectivity index (χ1n) is 8.35. The van der Waals surface area contributed by atoms with Gasteiger partial charge in [-0.1, -0.05) is 76.3 Å². The molecule has 1 aromatic heterocycles. The summed E-state index contributed by atoms with van der Waals surface area (Å²) in [6.07, 6.45) is 21.0. The van der Waals surface area contributed by atoms with Crippen molar-refractivity contribution in [2.45, 2.75) is 27.7 Å². The summed E-state index contributed by atoms with van der Waals surface area (Å²) in [5.74, 6) is 0. The van der Waals surface area contributed by atoms with Gasteiger partial charge in [-0.05, 0) is 17.7 Å². The molecule has 0 amide bonds. The average Bonchev–Trinajstić information content (AvgIpc) is 2.82. The summed E-state index contributed by atoms with van der Waals surface area (Å²) in [5.41, 5.74) is 4.15. The molecule has 2 heteroatoms. The predicted molar refractivity (Wildman–Crippen MR) is 104 cm³/mol. The van der Waals surface area contributed by atoms with Gasteiger partial charge >= 0.3 is 0 Å². The molecule has 1 aliphatic heterocycles. The molecule has 0 unspecified atom stereocenters. The van der Waals surface area contributed by atoms with Crippen LogP contribution in [0.2, 0.25) is 0 Å². The molecule has 0 atom stereocenters. The van der Waals surface area contributed by atoms with Gasteiger partial charge in [0, 0.05) is 28.8 Å². The summed E-state index contributed by atoms with van der Waals surface area (Å²) in [4.78, 5) is 9.21. The van der Waals surface area contributed by atoms with Crippen LogP contribution in [0, 0.1) is 10.8 Å². The summed E-state index contributed by atoms with van der Waals surface area (Å²) >= 11 is 0. The van der Waals surface area contributed by atoms with E-state index in [2.05, 4.69) is 86.3 Å². The Balaban J connectivity index is 1.85. The van der Waals surface area contributed by atoms with E-state index in [1.54, 1.807) is 0 Å². The summed E-state index contributed by atoms with van der Waals surface area (Å²) in [6.45, 7) is 8.67. The number of rotatable bonds is 2. The summed E-state index contributed by atoms with van der Waals surface area (Å²) < 4.78 is 0. The van der Waals surface area contributed by atoms with Gasteiger partial charge in [-0.15, -0.1) is 0 Å². The zero-order valence-electron chi connectivity index (χ0n) is 14.8. The Morgan fingerprint density at radius 3 is 2.33 bits per heavy atom. The molecule has 0 saturated heterocycles. The second-order valence-electron chi connectivity index (χ2n) is 7.56. The SMILES string of the molecule is CC1(C)C=CC=C(c2ccc(C3=CC=CC(C)(C)C=N3)nc2)C=C1. The highest BCUT2D eigenvalue weighted by Gasteiger charge is 2.14. The van der Waals surface area contributed by atoms with Crippen LogP contribution in [0.3, 0.4) is 0 Å². The normalized spacial score (nSPS) is 21.0. The van der Waals surface area contributed by atoms with E-state index in [0.717, 1.165) is 17.0 Å². The lowest BCUT2D eigenvalue weighted by molar-refractivity contribution is 0.627. The molecule has 3 rings (SSSR count). The largest absolute Gasteiger partial charge is 0.258 e. The molecule has 0 saturated carbocycles. The second-order valence-corrected chi connectivity index (χ2v) is 7.56. The van der Waals surface area contributed by atoms with Gasteiger partial charge in [0.05, 0.1) is 11.4 Å². The molecular formula is C22H24N2. The first-order chi connectivity index (χ1) is 11.3. The molecule has 1 aliphatic carbocycles. The minimum absolute atomic E-state index is 0.0206. The van der Waals surface area contributed by atoms with Crippen LogP contribution in [-0.4, -0.2) is 11.2 Å². The van der Waals surface area contributed by atoms with Crippen molar-refractivity contribution >= 4 is 17.5 Å². The Bertz CT molecular complexity index is 726. The van der Waals surface area contributed by atoms with Crippen molar-refractivity contribution in [3.8, 4) is 0 Å². The molecule has 24 heavy (non-hydrogen) atoms. The van der Waals surface area contributed by atoms with Crippen LogP contribution >= 0.6 is 0 Å². The van der Waals surface area contributed by atoms with Crippen LogP contribution in [0.1, 0.15) is 39.0 Å². The standard InChI is InChI=1S/C22H24N2/c1-21(2)12-5-7-17(11-14-21)18-9-10-20(23-15-18)19-8-6-13-22(3,4)16-24-19/h5-16H,1-4H3. The molecule has 2 aliphatic rings. The third-order valence-electron chi connectivity index (χ3n) is 4.17. The monoisotopic (exact) mass is 316 g/mol. The van der Waals surface area contributed by atoms with Crippen molar-refractivity contribution in [2.24, 2.45) is 15.8 Å². The summed E-state index contributed by atoms with van der Waals surface area (Å²) in [7, 11) is 0. The van der Waals surface area contributed by atoms with Gasteiger partial charge in [0.15, 0.2) is 0 Å². The highest BCUT2D eigenvalue weighted by atomic mass is 14.8. The molecule has 122 valence electrons. The lowest BCUT2D eigenvalue weighted by Crippen LogP contribution is -2.07. The molecule has 0 spiro atoms. The number of pyridine rings is 1. The van der Waals surface area contributed by atoms with Crippen LogP contribution < -0.4 is 0 Å². The smallest absolute Gasteiger partial charge is 0.0886 e. The molecule has 0 radical (unpaired) electrons. The fourth-order valence-electron chi connectivity index (χ4n) is 2.58. The van der Waals surface area contributed by atoms with Gasteiger partial charge in [0.2, 0.25) is 0 Å². The van der Waals surface area contributed by atoms with E-state index in [1.807, 2.05) is 24.6 Å². The zero-order chi connectivity index (χ0) is 17.2. The van der Waals surface area contributed by atoms with E-state index in [0.29, 0.717) is 0 Å². The Morgan fingerprint density at radius 1 is 0.833 bits per heavy atom. The van der Waals surface area contributed by atoms with Crippen LogP contribution in [0.5, 0.6) is 0 Å². The third-order valence-corrected chi connectivity index (χ3v) is 4.17. The number of allylic oxidation sites excluding steroid dienone is 9. The first kappa shape index (κ1) is 16.4. The van der Waals surface area contributed by atoms with Gasteiger partial charge in [0.1, 0.15) is 0 Å². The fraction of sp³-hybridized carbons (Fsp3) is 0.273. The van der Waals surface area contributed by atoms with Crippen LogP contribution in [0.15, 0.2) is 71.9 Å². The predicted octanol–water partition coefficient (Wildman–Crippen LogP) is 5.62. The Labute approximate surface area is 144 Å². The van der Waals surface area contributed by atoms with Gasteiger partial charge in [-0.3, -0.25) is 9.98 Å². The molecule has 0 aromatic carbocycles. The van der Waals surface area contributed by atoms with Crippen molar-refractivity contribution in [2.75, 3.05) is 0 Å². The minimum Gasteiger partial charge on any atom is -0.258 e. The number of hydrogen-bond acceptors (Lipinski definition) is 2. The van der Waals surface area contributed by atoms with E-state index in [1.165, 1.54) is 5.57 Å². The van der Waals surface area contributed by atoms with Crippen molar-refractivity contribution in [1.29, 1.82) is 0 Å². The topological polar surface area (TPSA) is 25.2 Å². The Hall–Kier alpha value is -2.48. The molecular weight excluding hydrogens is 292 g/mol. The highest BCUT2D eigenvalue weighted by Crippen LogP contribution is 2.27. The van der Waals surface area contributed by atoms with Gasteiger partial charge < -0.3 is 0 Å². The van der Waals surface area contributed by atoms with Gasteiger partial charge in [-0.2, -0.15) is 0 Å². The lowest BCUT2D eigenvalue weighted by Gasteiger charge is -2.12. The van der Waals surface area contributed by atoms with Crippen LogP contribution in [0.4, 0.5) is 0 Å². The molecule has 0 N–H and O–H groups in total. The second kappa shape index (κ2) is 6.20. The maximum atomic E-state index is 4.62. The number of aliphatic imine (C=N–C) groups is 1. The quantitative estimate of drug-likeness (QED) is 0.694. The highest BCUT2D eigenvalue weighted by molar-refractivity contribution is 5.80. The zero-order valence-corrected chi connectivity index (χ0v) is 14.8. The van der Waals surface area contributed by atoms with E-state index in [4.69, 9.17) is 0 Å². The maximum Gasteiger partial charge on any atom is 0.0886 e. The van der Waals surface area contributed by atoms with Gasteiger partial charge in [-0.25, -0.2) is 0 Å². The first-order valence-corrected chi connectivity index (χ1v) is 8.35. The van der Waals surface area contributed by atoms with E-state index in [-0.39, 0.29) is 10.8 Å². The van der Waals surface area contributed by atoms with Gasteiger partial charge in [0.25, 0.3) is 0 Å². The lowest BCUT2D eigenvalue weighted by atomic mass is 9.93. The van der Waals surface area contributed by atoms with Crippen molar-refractivity contribution in [1.82, 2.24) is 4.98 Å². The van der Waals surface area contributed by atoms with Crippen LogP contribution in [0.25, 0.3) is 11.3 Å². The van der Waals surface area contributed by atoms with Crippen LogP contribution in [-0.2, 0) is 0 Å². The number of hydrogen-bond donors (Lipinski definition) is 0. The number of nitrogens with zero attached hydrogens (tertiary/aromatic N) is 2. The molecule has 0 bridgehead atoms. The van der Waals surface area contributed by atoms with E-state index in [9.17, 15) is 0 Å². The Kier molecular flexibility index (Phi) is 4.23. The molecule has 0 fully saturated rings. The molecule has 1 aromatic rings. The summed E-state index contributed by atoms with van der Waals surface area (Å²) in [6, 6.07) is 4.15. The van der Waals surface area contributed by atoms with E-state index >= 15 is 0 Å². The molecule has 2 heterocycles. The van der Waals surface area contributed by atoms with E-state index < -0.39 is 0 Å². The Morgan fingerprint density at radius 2 is 1.58 bits per heavy atom. The fourth-order valence-corrected chi connectivity index (χ4v) is 2.58. The number of aromatic nitrogens is 1. The van der Waals surface area contributed by atoms with Crippen molar-refractivity contribution in [3.63, 3.8) is 0 Å². The molecule has 2 nitrogen and oxygen atoms in total. The maximum absolute atomic E-state index is 4.62. The average molecular weight is 316 g/mol. The van der Waals surface area contributed by atoms with Crippen molar-refractivity contribution < 1.29 is 0 Å². The third kappa shape index (κ3) is 3.88.